The fourth-order valence-electron chi connectivity index (χ4n) is 2.37. The molecule has 130 valence electrons. The van der Waals surface area contributed by atoms with Crippen LogP contribution in [0.4, 0.5) is 13.2 Å². The Morgan fingerprint density at radius 1 is 1.33 bits per heavy atom. The fourth-order valence-corrected chi connectivity index (χ4v) is 2.37. The number of pyridine rings is 1. The van der Waals surface area contributed by atoms with Gasteiger partial charge < -0.3 is 9.64 Å². The quantitative estimate of drug-likeness (QED) is 0.767. The molecule has 0 radical (unpaired) electrons. The molecule has 1 aromatic heterocycles. The molecule has 1 aliphatic rings. The van der Waals surface area contributed by atoms with Crippen molar-refractivity contribution in [1.29, 1.82) is 0 Å². The van der Waals surface area contributed by atoms with Crippen LogP contribution in [-0.2, 0) is 0 Å². The third-order valence-corrected chi connectivity index (χ3v) is 3.60. The molecule has 0 atom stereocenters. The highest BCUT2D eigenvalue weighted by atomic mass is 19.4. The molecule has 1 fully saturated rings. The molecule has 1 amide bonds. The maximum absolute atomic E-state index is 12.5. The van der Waals surface area contributed by atoms with E-state index in [0.717, 1.165) is 6.54 Å². The smallest absolute Gasteiger partial charge is 0.422 e. The molecule has 0 aliphatic carbocycles. The van der Waals surface area contributed by atoms with Gasteiger partial charge in [-0.25, -0.2) is 4.98 Å². The molecule has 1 saturated heterocycles. The van der Waals surface area contributed by atoms with Gasteiger partial charge in [0, 0.05) is 45.3 Å². The van der Waals surface area contributed by atoms with Gasteiger partial charge >= 0.3 is 6.18 Å². The number of nitrogens with zero attached hydrogens (tertiary/aromatic N) is 3. The predicted octanol–water partition coefficient (Wildman–Crippen LogP) is 1.80. The zero-order valence-corrected chi connectivity index (χ0v) is 13.1. The van der Waals surface area contributed by atoms with Gasteiger partial charge in [-0.3, -0.25) is 9.69 Å². The molecule has 0 aromatic carbocycles. The number of aromatic nitrogens is 1. The van der Waals surface area contributed by atoms with Gasteiger partial charge in [-0.2, -0.15) is 13.2 Å². The van der Waals surface area contributed by atoms with Crippen molar-refractivity contribution in [3.05, 3.63) is 24.0 Å². The minimum atomic E-state index is -4.47. The predicted molar refractivity (Wildman–Crippen MR) is 81.6 cm³/mol. The zero-order valence-electron chi connectivity index (χ0n) is 13.1. The maximum Gasteiger partial charge on any atom is 0.422 e. The van der Waals surface area contributed by atoms with Crippen LogP contribution in [0.5, 0.6) is 5.75 Å². The number of rotatable bonds is 5. The third-order valence-electron chi connectivity index (χ3n) is 3.60. The van der Waals surface area contributed by atoms with Gasteiger partial charge in [0.2, 0.25) is 0 Å². The number of terminal acetylenes is 1. The second-order valence-corrected chi connectivity index (χ2v) is 5.34. The molecule has 2 rings (SSSR count). The van der Waals surface area contributed by atoms with Crippen LogP contribution in [-0.4, -0.2) is 66.2 Å². The van der Waals surface area contributed by atoms with Crippen molar-refractivity contribution in [2.24, 2.45) is 0 Å². The molecule has 0 saturated carbocycles. The number of hydrogen-bond donors (Lipinski definition) is 0. The minimum Gasteiger partial charge on any atom is -0.482 e. The van der Waals surface area contributed by atoms with Crippen molar-refractivity contribution in [1.82, 2.24) is 14.8 Å². The molecule has 8 heteroatoms. The Balaban J connectivity index is 1.99. The Kier molecular flexibility index (Phi) is 6.04. The number of alkyl halides is 3. The van der Waals surface area contributed by atoms with E-state index in [2.05, 4.69) is 15.8 Å². The second-order valence-electron chi connectivity index (χ2n) is 5.34. The van der Waals surface area contributed by atoms with Crippen LogP contribution in [0.15, 0.2) is 18.3 Å². The Morgan fingerprint density at radius 2 is 2.04 bits per heavy atom. The topological polar surface area (TPSA) is 45.7 Å². The van der Waals surface area contributed by atoms with Crippen molar-refractivity contribution in [2.45, 2.75) is 12.6 Å². The third kappa shape index (κ3) is 5.13. The van der Waals surface area contributed by atoms with E-state index in [9.17, 15) is 18.0 Å². The van der Waals surface area contributed by atoms with Gasteiger partial charge in [0.1, 0.15) is 0 Å². The molecular weight excluding hydrogens is 323 g/mol. The Bertz CT molecular complexity index is 605. The molecule has 0 N–H and O–H groups in total. The Labute approximate surface area is 138 Å². The largest absolute Gasteiger partial charge is 0.482 e. The zero-order chi connectivity index (χ0) is 17.6. The molecule has 5 nitrogen and oxygen atoms in total. The van der Waals surface area contributed by atoms with Crippen molar-refractivity contribution in [3.8, 4) is 18.1 Å². The van der Waals surface area contributed by atoms with Gasteiger partial charge in [-0.05, 0) is 12.1 Å². The summed E-state index contributed by atoms with van der Waals surface area (Å²) in [5, 5.41) is 0. The van der Waals surface area contributed by atoms with E-state index < -0.39 is 18.7 Å². The second kappa shape index (κ2) is 8.02. The highest BCUT2D eigenvalue weighted by Gasteiger charge is 2.30. The van der Waals surface area contributed by atoms with Crippen molar-refractivity contribution < 1.29 is 22.7 Å². The lowest BCUT2D eigenvalue weighted by Gasteiger charge is -2.34. The molecule has 0 spiro atoms. The van der Waals surface area contributed by atoms with Crippen LogP contribution in [0.1, 0.15) is 16.9 Å². The maximum atomic E-state index is 12.5. The molecule has 0 unspecified atom stereocenters. The molecule has 2 heterocycles. The molecular formula is C16H18F3N3O2. The van der Waals surface area contributed by atoms with Crippen LogP contribution in [0.2, 0.25) is 0 Å². The van der Waals surface area contributed by atoms with E-state index in [1.54, 1.807) is 4.90 Å². The van der Waals surface area contributed by atoms with Gasteiger partial charge in [-0.1, -0.05) is 0 Å². The Morgan fingerprint density at radius 3 is 2.67 bits per heavy atom. The summed E-state index contributed by atoms with van der Waals surface area (Å²) in [6, 6.07) is 2.75. The van der Waals surface area contributed by atoms with Crippen molar-refractivity contribution >= 4 is 5.91 Å². The monoisotopic (exact) mass is 341 g/mol. The summed E-state index contributed by atoms with van der Waals surface area (Å²) < 4.78 is 41.7. The first kappa shape index (κ1) is 18.1. The van der Waals surface area contributed by atoms with E-state index in [1.807, 2.05) is 0 Å². The van der Waals surface area contributed by atoms with E-state index in [4.69, 9.17) is 11.2 Å². The summed E-state index contributed by atoms with van der Waals surface area (Å²) in [7, 11) is 0. The number of hydrogen-bond acceptors (Lipinski definition) is 4. The highest BCUT2D eigenvalue weighted by molar-refractivity contribution is 5.95. The summed E-state index contributed by atoms with van der Waals surface area (Å²) in [5.74, 6) is 1.98. The highest BCUT2D eigenvalue weighted by Crippen LogP contribution is 2.22. The van der Waals surface area contributed by atoms with Gasteiger partial charge in [0.05, 0.1) is 0 Å². The molecule has 1 aliphatic heterocycles. The first-order valence-corrected chi connectivity index (χ1v) is 7.50. The summed E-state index contributed by atoms with van der Waals surface area (Å²) in [4.78, 5) is 20.1. The number of carbonyl (C=O) groups excluding carboxylic acids is 1. The normalized spacial score (nSPS) is 15.8. The number of piperazine rings is 1. The van der Waals surface area contributed by atoms with Crippen LogP contribution in [0, 0.1) is 12.3 Å². The van der Waals surface area contributed by atoms with E-state index >= 15 is 0 Å². The Hall–Kier alpha value is -2.27. The van der Waals surface area contributed by atoms with Crippen molar-refractivity contribution in [2.75, 3.05) is 39.3 Å². The standard InChI is InChI=1S/C16H18F3N3O2/c1-2-3-7-21-8-10-22(11-9-21)15(23)14-13(5-4-6-20-14)24-12-16(17,18)19/h1,4-6H,3,7-12H2. The average Bonchev–Trinajstić information content (AvgIpc) is 2.57. The van der Waals surface area contributed by atoms with Crippen LogP contribution in [0.3, 0.4) is 0 Å². The van der Waals surface area contributed by atoms with Crippen molar-refractivity contribution in [3.63, 3.8) is 0 Å². The average molecular weight is 341 g/mol. The van der Waals surface area contributed by atoms with Gasteiger partial charge in [0.15, 0.2) is 18.1 Å². The first-order chi connectivity index (χ1) is 11.4. The molecule has 1 aromatic rings. The summed E-state index contributed by atoms with van der Waals surface area (Å²) >= 11 is 0. The number of carbonyl (C=O) groups is 1. The van der Waals surface area contributed by atoms with Crippen LogP contribution in [0.25, 0.3) is 0 Å². The summed E-state index contributed by atoms with van der Waals surface area (Å²) in [5.41, 5.74) is -0.0983. The number of ether oxygens (including phenoxy) is 1. The lowest BCUT2D eigenvalue weighted by atomic mass is 10.2. The molecule has 0 bridgehead atoms. The lowest BCUT2D eigenvalue weighted by Crippen LogP contribution is -2.49. The summed E-state index contributed by atoms with van der Waals surface area (Å²) in [6.07, 6.45) is 2.76. The van der Waals surface area contributed by atoms with Gasteiger partial charge in [0.25, 0.3) is 5.91 Å². The van der Waals surface area contributed by atoms with Crippen LogP contribution >= 0.6 is 0 Å². The van der Waals surface area contributed by atoms with Gasteiger partial charge in [-0.15, -0.1) is 12.3 Å². The van der Waals surface area contributed by atoms with E-state index in [1.165, 1.54) is 18.3 Å². The molecule has 24 heavy (non-hydrogen) atoms. The number of amides is 1. The first-order valence-electron chi connectivity index (χ1n) is 7.50. The van der Waals surface area contributed by atoms with E-state index in [0.29, 0.717) is 32.6 Å². The minimum absolute atomic E-state index is 0.0983. The van der Waals surface area contributed by atoms with Crippen LogP contribution < -0.4 is 4.74 Å². The van der Waals surface area contributed by atoms with E-state index in [-0.39, 0.29) is 11.4 Å². The number of halogens is 3. The fraction of sp³-hybridized carbons (Fsp3) is 0.500. The summed E-state index contributed by atoms with van der Waals surface area (Å²) in [6.45, 7) is 1.58. The lowest BCUT2D eigenvalue weighted by molar-refractivity contribution is -0.153. The SMILES string of the molecule is C#CCCN1CCN(C(=O)c2ncccc2OCC(F)(F)F)CC1.